The molecule has 3 rings (SSSR count). The van der Waals surface area contributed by atoms with Crippen molar-refractivity contribution in [2.24, 2.45) is 0 Å². The van der Waals surface area contributed by atoms with Crippen LogP contribution < -0.4 is 5.32 Å². The third-order valence-corrected chi connectivity index (χ3v) is 5.61. The number of carbonyl (C=O) groups excluding carboxylic acids is 2. The van der Waals surface area contributed by atoms with Crippen LogP contribution in [-0.4, -0.2) is 31.8 Å². The molecule has 0 aliphatic carbocycles. The lowest BCUT2D eigenvalue weighted by Gasteiger charge is -2.33. The molecule has 2 heterocycles. The number of amides is 2. The number of nitrogens with one attached hydrogen (secondary N) is 1. The zero-order chi connectivity index (χ0) is 21.0. The van der Waals surface area contributed by atoms with E-state index in [0.29, 0.717) is 10.6 Å². The van der Waals surface area contributed by atoms with E-state index in [9.17, 15) is 9.59 Å². The molecule has 0 aliphatic rings. The molecule has 1 aromatic carbocycles. The fraction of sp³-hybridized carbons (Fsp3) is 0.300. The second kappa shape index (κ2) is 9.02. The number of halogens is 1. The average molecular weight is 449 g/mol. The summed E-state index contributed by atoms with van der Waals surface area (Å²) >= 11 is 8.67. The molecule has 1 atom stereocenters. The van der Waals surface area contributed by atoms with Gasteiger partial charge in [0, 0.05) is 20.8 Å². The van der Waals surface area contributed by atoms with Crippen molar-refractivity contribution in [1.82, 2.24) is 19.8 Å². The highest BCUT2D eigenvalue weighted by Crippen LogP contribution is 2.28. The van der Waals surface area contributed by atoms with Gasteiger partial charge in [-0.2, -0.15) is 0 Å². The van der Waals surface area contributed by atoms with E-state index in [1.165, 1.54) is 16.2 Å². The SMILES string of the molecule is CC(C)(C)NC(=O)[C@@H](c1ccc(Cl)cc1)N(Cc1cccs1)C(=O)c1csnn1. The summed E-state index contributed by atoms with van der Waals surface area (Å²) in [6.07, 6.45) is 0. The van der Waals surface area contributed by atoms with Crippen LogP contribution in [0.15, 0.2) is 47.2 Å². The van der Waals surface area contributed by atoms with E-state index >= 15 is 0 Å². The molecular weight excluding hydrogens is 428 g/mol. The van der Waals surface area contributed by atoms with Gasteiger partial charge in [0.1, 0.15) is 6.04 Å². The van der Waals surface area contributed by atoms with Crippen LogP contribution in [0.2, 0.25) is 5.02 Å². The standard InChI is InChI=1S/C20H21ClN4O2S2/c1-20(2,3)22-18(26)17(13-6-8-14(21)9-7-13)25(11-15-5-4-10-28-15)19(27)16-12-29-24-23-16/h4-10,12,17H,11H2,1-3H3,(H,22,26)/t17-/m1/s1. The van der Waals surface area contributed by atoms with Gasteiger partial charge in [0.15, 0.2) is 5.69 Å². The number of hydrogen-bond donors (Lipinski definition) is 1. The van der Waals surface area contributed by atoms with Gasteiger partial charge in [0.2, 0.25) is 5.91 Å². The molecule has 2 aromatic heterocycles. The molecule has 9 heteroatoms. The molecular formula is C20H21ClN4O2S2. The molecule has 0 fully saturated rings. The monoisotopic (exact) mass is 448 g/mol. The number of carbonyl (C=O) groups is 2. The fourth-order valence-electron chi connectivity index (χ4n) is 2.81. The highest BCUT2D eigenvalue weighted by molar-refractivity contribution is 7.09. The summed E-state index contributed by atoms with van der Waals surface area (Å²) in [4.78, 5) is 29.1. The lowest BCUT2D eigenvalue weighted by atomic mass is 10.0. The van der Waals surface area contributed by atoms with Crippen molar-refractivity contribution in [2.45, 2.75) is 38.9 Å². The summed E-state index contributed by atoms with van der Waals surface area (Å²) in [6.45, 7) is 5.98. The van der Waals surface area contributed by atoms with Crippen LogP contribution in [0.4, 0.5) is 0 Å². The maximum absolute atomic E-state index is 13.3. The molecule has 2 amide bonds. The van der Waals surface area contributed by atoms with Gasteiger partial charge in [-0.1, -0.05) is 34.3 Å². The van der Waals surface area contributed by atoms with Gasteiger partial charge in [-0.25, -0.2) is 0 Å². The number of aromatic nitrogens is 2. The first-order chi connectivity index (χ1) is 13.7. The molecule has 6 nitrogen and oxygen atoms in total. The van der Waals surface area contributed by atoms with Crippen LogP contribution in [-0.2, 0) is 11.3 Å². The molecule has 0 aliphatic heterocycles. The number of hydrogen-bond acceptors (Lipinski definition) is 6. The minimum Gasteiger partial charge on any atom is -0.349 e. The van der Waals surface area contributed by atoms with E-state index in [4.69, 9.17) is 11.6 Å². The summed E-state index contributed by atoms with van der Waals surface area (Å²) < 4.78 is 3.80. The zero-order valence-electron chi connectivity index (χ0n) is 16.3. The first-order valence-corrected chi connectivity index (χ1v) is 11.0. The topological polar surface area (TPSA) is 75.2 Å². The molecule has 152 valence electrons. The average Bonchev–Trinajstić information content (AvgIpc) is 3.34. The predicted octanol–water partition coefficient (Wildman–Crippen LogP) is 4.55. The van der Waals surface area contributed by atoms with Crippen LogP contribution in [0, 0.1) is 0 Å². The molecule has 29 heavy (non-hydrogen) atoms. The molecule has 0 radical (unpaired) electrons. The first kappa shape index (κ1) is 21.4. The number of nitrogens with zero attached hydrogens (tertiary/aromatic N) is 3. The van der Waals surface area contributed by atoms with Crippen molar-refractivity contribution in [3.63, 3.8) is 0 Å². The lowest BCUT2D eigenvalue weighted by Crippen LogP contribution is -2.49. The summed E-state index contributed by atoms with van der Waals surface area (Å²) in [7, 11) is 0. The second-order valence-electron chi connectivity index (χ2n) is 7.50. The van der Waals surface area contributed by atoms with Crippen molar-refractivity contribution < 1.29 is 9.59 Å². The minimum atomic E-state index is -0.845. The molecule has 0 bridgehead atoms. The first-order valence-electron chi connectivity index (χ1n) is 8.92. The van der Waals surface area contributed by atoms with Crippen molar-refractivity contribution in [3.8, 4) is 0 Å². The maximum atomic E-state index is 13.3. The third kappa shape index (κ3) is 5.62. The van der Waals surface area contributed by atoms with Gasteiger partial charge in [0.05, 0.1) is 6.54 Å². The smallest absolute Gasteiger partial charge is 0.276 e. The van der Waals surface area contributed by atoms with Crippen molar-refractivity contribution in [2.75, 3.05) is 0 Å². The van der Waals surface area contributed by atoms with Crippen LogP contribution in [0.5, 0.6) is 0 Å². The Labute approximate surface area is 182 Å². The summed E-state index contributed by atoms with van der Waals surface area (Å²) in [5, 5.41) is 11.0. The lowest BCUT2D eigenvalue weighted by molar-refractivity contribution is -0.127. The molecule has 0 unspecified atom stereocenters. The summed E-state index contributed by atoms with van der Waals surface area (Å²) in [6, 6.07) is 9.97. The minimum absolute atomic E-state index is 0.217. The van der Waals surface area contributed by atoms with Crippen molar-refractivity contribution in [1.29, 1.82) is 0 Å². The molecule has 3 aromatic rings. The van der Waals surface area contributed by atoms with Gasteiger partial charge in [-0.15, -0.1) is 16.4 Å². The van der Waals surface area contributed by atoms with Gasteiger partial charge < -0.3 is 10.2 Å². The maximum Gasteiger partial charge on any atom is 0.276 e. The Kier molecular flexibility index (Phi) is 6.66. The van der Waals surface area contributed by atoms with Gasteiger partial charge in [0.25, 0.3) is 5.91 Å². The second-order valence-corrected chi connectivity index (χ2v) is 9.57. The Bertz CT molecular complexity index is 952. The number of rotatable bonds is 6. The summed E-state index contributed by atoms with van der Waals surface area (Å²) in [5.41, 5.74) is 0.431. The van der Waals surface area contributed by atoms with Crippen LogP contribution in [0.25, 0.3) is 0 Å². The van der Waals surface area contributed by atoms with E-state index < -0.39 is 11.6 Å². The highest BCUT2D eigenvalue weighted by atomic mass is 35.5. The van der Waals surface area contributed by atoms with Gasteiger partial charge in [-0.3, -0.25) is 9.59 Å². The highest BCUT2D eigenvalue weighted by Gasteiger charge is 2.34. The number of benzene rings is 1. The normalized spacial score (nSPS) is 12.4. The van der Waals surface area contributed by atoms with Crippen molar-refractivity contribution >= 4 is 46.3 Å². The molecule has 0 saturated carbocycles. The van der Waals surface area contributed by atoms with Crippen LogP contribution >= 0.6 is 34.5 Å². The Balaban J connectivity index is 2.06. The Hall–Kier alpha value is -2.29. The largest absolute Gasteiger partial charge is 0.349 e. The zero-order valence-corrected chi connectivity index (χ0v) is 18.6. The Morgan fingerprint density at radius 1 is 1.21 bits per heavy atom. The summed E-state index contributed by atoms with van der Waals surface area (Å²) in [5.74, 6) is -0.621. The van der Waals surface area contributed by atoms with E-state index in [-0.39, 0.29) is 24.1 Å². The predicted molar refractivity (Wildman–Crippen MR) is 116 cm³/mol. The van der Waals surface area contributed by atoms with Crippen LogP contribution in [0.1, 0.15) is 47.7 Å². The third-order valence-electron chi connectivity index (χ3n) is 3.99. The molecule has 0 spiro atoms. The fourth-order valence-corrected chi connectivity index (χ4v) is 4.07. The molecule has 0 saturated heterocycles. The Morgan fingerprint density at radius 3 is 2.48 bits per heavy atom. The van der Waals surface area contributed by atoms with Crippen LogP contribution in [0.3, 0.4) is 0 Å². The number of thiophene rings is 1. The van der Waals surface area contributed by atoms with E-state index in [0.717, 1.165) is 16.4 Å². The van der Waals surface area contributed by atoms with Gasteiger partial charge in [-0.05, 0) is 61.4 Å². The van der Waals surface area contributed by atoms with E-state index in [1.807, 2.05) is 38.3 Å². The van der Waals surface area contributed by atoms with E-state index in [2.05, 4.69) is 14.9 Å². The van der Waals surface area contributed by atoms with E-state index in [1.54, 1.807) is 29.6 Å². The molecule has 1 N–H and O–H groups in total. The van der Waals surface area contributed by atoms with Gasteiger partial charge >= 0.3 is 0 Å². The Morgan fingerprint density at radius 2 is 1.93 bits per heavy atom. The quantitative estimate of drug-likeness (QED) is 0.600. The van der Waals surface area contributed by atoms with Crippen molar-refractivity contribution in [3.05, 3.63) is 68.3 Å².